The van der Waals surface area contributed by atoms with E-state index in [2.05, 4.69) is 30.8 Å². The third-order valence-corrected chi connectivity index (χ3v) is 13.3. The molecule has 2 aliphatic rings. The molecule has 0 saturated heterocycles. The van der Waals surface area contributed by atoms with Gasteiger partial charge >= 0.3 is 12.4 Å². The molecule has 0 aliphatic heterocycles. The van der Waals surface area contributed by atoms with Crippen molar-refractivity contribution in [3.63, 3.8) is 0 Å². The van der Waals surface area contributed by atoms with Gasteiger partial charge < -0.3 is 15.7 Å². The quantitative estimate of drug-likeness (QED) is 0.0566. The molecule has 4 aromatic carbocycles. The Bertz CT molecular complexity index is 3210. The van der Waals surface area contributed by atoms with Crippen LogP contribution in [0.5, 0.6) is 0 Å². The molecular formula is C56H51F9N8O3. The third-order valence-electron chi connectivity index (χ3n) is 13.3. The van der Waals surface area contributed by atoms with Gasteiger partial charge in [0, 0.05) is 48.2 Å². The number of Topliss-reactive ketones (excluding diaryl/α,β-unsaturated/α-hetero) is 2. The zero-order chi connectivity index (χ0) is 54.1. The lowest BCUT2D eigenvalue weighted by Gasteiger charge is -2.16. The van der Waals surface area contributed by atoms with Gasteiger partial charge in [-0.15, -0.1) is 0 Å². The van der Waals surface area contributed by atoms with Gasteiger partial charge in [0.1, 0.15) is 23.4 Å². The Labute approximate surface area is 430 Å². The van der Waals surface area contributed by atoms with Gasteiger partial charge in [-0.05, 0) is 122 Å². The second-order valence-corrected chi connectivity index (χ2v) is 19.4. The van der Waals surface area contributed by atoms with Crippen molar-refractivity contribution in [2.45, 2.75) is 89.8 Å². The first kappa shape index (κ1) is 53.2. The van der Waals surface area contributed by atoms with Crippen molar-refractivity contribution < 1.29 is 54.2 Å². The number of anilines is 2. The summed E-state index contributed by atoms with van der Waals surface area (Å²) in [7, 11) is 0. The molecule has 2 fully saturated rings. The Balaban J connectivity index is 0.000000186. The number of halogens is 9. The van der Waals surface area contributed by atoms with Crippen LogP contribution >= 0.6 is 0 Å². The van der Waals surface area contributed by atoms with Crippen LogP contribution in [0.4, 0.5) is 50.9 Å². The molecule has 20 heteroatoms. The highest BCUT2D eigenvalue weighted by molar-refractivity contribution is 5.99. The maximum atomic E-state index is 15.5. The molecule has 8 aromatic rings. The summed E-state index contributed by atoms with van der Waals surface area (Å²) in [6, 6.07) is 23.8. The standard InChI is InChI=1S/C28H25F5N4O.C28H26F4N4O2/c1-16-11-18(7-8-21(16)25(38)12-17-5-6-17)24-15-35-27-23(34-10-9-28(31,32)33)14-22(36-37(24)27)26(30)19-3-2-4-20(29)13-19;1-16-11-18(7-8-21(16)25(37)12-17-5-6-17)24-15-34-27-23(33-10-9-28(30,31)32)14-22(35-36(24)27)26(38)19-3-2-4-20(29)13-19/h2-4,7-8,11,13-15,17,26,34H,5-6,9-10,12H2,1H3;2-4,7-8,11,13-15,17,26,33,38H,5-6,9-10,12H2,1H3. The number of rotatable bonds is 18. The lowest BCUT2D eigenvalue weighted by atomic mass is 9.98. The van der Waals surface area contributed by atoms with E-state index in [9.17, 15) is 49.8 Å². The average Bonchev–Trinajstić information content (AvgIpc) is 4.29. The van der Waals surface area contributed by atoms with Crippen molar-refractivity contribution in [3.8, 4) is 22.5 Å². The van der Waals surface area contributed by atoms with Crippen LogP contribution in [0.2, 0.25) is 0 Å². The zero-order valence-electron chi connectivity index (χ0n) is 41.1. The van der Waals surface area contributed by atoms with Crippen molar-refractivity contribution in [1.29, 1.82) is 0 Å². The number of nitrogens with zero attached hydrogens (tertiary/aromatic N) is 6. The number of ketones is 2. The van der Waals surface area contributed by atoms with E-state index < -0.39 is 62.2 Å². The number of nitrogens with one attached hydrogen (secondary N) is 2. The van der Waals surface area contributed by atoms with Crippen molar-refractivity contribution in [2.75, 3.05) is 23.7 Å². The fraction of sp³-hybridized carbons (Fsp3) is 0.321. The monoisotopic (exact) mass is 1050 g/mol. The second kappa shape index (κ2) is 21.9. The molecule has 396 valence electrons. The first-order valence-electron chi connectivity index (χ1n) is 24.7. The molecule has 2 unspecified atom stereocenters. The van der Waals surface area contributed by atoms with Crippen molar-refractivity contribution in [2.24, 2.45) is 11.8 Å². The number of hydrogen-bond donors (Lipinski definition) is 3. The molecule has 3 N–H and O–H groups in total. The molecule has 4 heterocycles. The van der Waals surface area contributed by atoms with Crippen LogP contribution in [0.25, 0.3) is 33.8 Å². The summed E-state index contributed by atoms with van der Waals surface area (Å²) in [6.07, 6.45) is -5.65. The maximum Gasteiger partial charge on any atom is 0.390 e. The number of alkyl halides is 7. The van der Waals surface area contributed by atoms with Crippen LogP contribution in [0.1, 0.15) is 118 Å². The third kappa shape index (κ3) is 12.9. The molecule has 2 saturated carbocycles. The summed E-state index contributed by atoms with van der Waals surface area (Å²) < 4.78 is 123. The van der Waals surface area contributed by atoms with E-state index in [4.69, 9.17) is 0 Å². The van der Waals surface area contributed by atoms with Gasteiger partial charge in [-0.3, -0.25) is 9.59 Å². The van der Waals surface area contributed by atoms with E-state index in [1.54, 1.807) is 24.3 Å². The Hall–Kier alpha value is -7.61. The number of aliphatic hydroxyl groups excluding tert-OH is 1. The Kier molecular flexibility index (Phi) is 15.4. The largest absolute Gasteiger partial charge is 0.390 e. The van der Waals surface area contributed by atoms with Crippen LogP contribution < -0.4 is 10.6 Å². The smallest absolute Gasteiger partial charge is 0.382 e. The SMILES string of the molecule is Cc1cc(-c2cnc3c(NCCC(F)(F)F)cc(C(F)c4cccc(F)c4)nn23)ccc1C(=O)CC1CC1.Cc1cc(-c2cnc3c(NCCC(F)(F)F)cc(C(O)c4cccc(F)c4)nn23)ccc1C(=O)CC1CC1. The summed E-state index contributed by atoms with van der Waals surface area (Å²) in [4.78, 5) is 34.0. The van der Waals surface area contributed by atoms with Crippen molar-refractivity contribution in [3.05, 3.63) is 166 Å². The highest BCUT2D eigenvalue weighted by Gasteiger charge is 2.30. The van der Waals surface area contributed by atoms with E-state index in [1.165, 1.54) is 76.0 Å². The van der Waals surface area contributed by atoms with Crippen LogP contribution in [0.15, 0.2) is 109 Å². The van der Waals surface area contributed by atoms with Gasteiger partial charge in [0.05, 0.1) is 53.7 Å². The topological polar surface area (TPSA) is 139 Å². The van der Waals surface area contributed by atoms with Crippen LogP contribution in [-0.4, -0.2) is 71.3 Å². The molecular weight excluding hydrogens is 1000 g/mol. The number of carbonyl (C=O) groups excluding carboxylic acids is 2. The summed E-state index contributed by atoms with van der Waals surface area (Å²) >= 11 is 0. The minimum Gasteiger partial charge on any atom is -0.382 e. The Morgan fingerprint density at radius 1 is 0.618 bits per heavy atom. The first-order valence-corrected chi connectivity index (χ1v) is 24.7. The van der Waals surface area contributed by atoms with E-state index in [0.29, 0.717) is 58.3 Å². The number of benzene rings is 4. The van der Waals surface area contributed by atoms with Gasteiger partial charge in [0.15, 0.2) is 29.0 Å². The van der Waals surface area contributed by atoms with Gasteiger partial charge in [-0.1, -0.05) is 48.5 Å². The molecule has 10 rings (SSSR count). The van der Waals surface area contributed by atoms with Crippen LogP contribution in [-0.2, 0) is 0 Å². The minimum absolute atomic E-state index is 0.0223. The number of aromatic nitrogens is 6. The predicted molar refractivity (Wildman–Crippen MR) is 268 cm³/mol. The summed E-state index contributed by atoms with van der Waals surface area (Å²) in [6.45, 7) is 2.83. The maximum absolute atomic E-state index is 15.5. The van der Waals surface area contributed by atoms with Crippen molar-refractivity contribution in [1.82, 2.24) is 29.2 Å². The van der Waals surface area contributed by atoms with Gasteiger partial charge in [-0.25, -0.2) is 32.2 Å². The predicted octanol–water partition coefficient (Wildman–Crippen LogP) is 13.5. The van der Waals surface area contributed by atoms with E-state index >= 15 is 4.39 Å². The van der Waals surface area contributed by atoms with E-state index in [1.807, 2.05) is 26.0 Å². The molecule has 0 radical (unpaired) electrons. The normalized spacial score (nSPS) is 14.6. The van der Waals surface area contributed by atoms with Crippen molar-refractivity contribution >= 4 is 34.2 Å². The van der Waals surface area contributed by atoms with E-state index in [0.717, 1.165) is 42.9 Å². The van der Waals surface area contributed by atoms with E-state index in [-0.39, 0.29) is 56.8 Å². The summed E-state index contributed by atoms with van der Waals surface area (Å²) in [5.74, 6) is -0.0500. The Morgan fingerprint density at radius 3 is 1.49 bits per heavy atom. The first-order chi connectivity index (χ1) is 36.2. The highest BCUT2D eigenvalue weighted by atomic mass is 19.4. The summed E-state index contributed by atoms with van der Waals surface area (Å²) in [5, 5.41) is 25.3. The minimum atomic E-state index is -4.37. The molecule has 4 aromatic heterocycles. The molecule has 0 bridgehead atoms. The lowest BCUT2D eigenvalue weighted by molar-refractivity contribution is -0.132. The average molecular weight is 1060 g/mol. The lowest BCUT2D eigenvalue weighted by Crippen LogP contribution is -2.16. The summed E-state index contributed by atoms with van der Waals surface area (Å²) in [5.41, 5.74) is 6.33. The fourth-order valence-electron chi connectivity index (χ4n) is 8.91. The number of aliphatic hydroxyl groups is 1. The second-order valence-electron chi connectivity index (χ2n) is 19.4. The number of hydrogen-bond acceptors (Lipinski definition) is 9. The molecule has 11 nitrogen and oxygen atoms in total. The number of imidazole rings is 2. The number of carbonyl (C=O) groups is 2. The Morgan fingerprint density at radius 2 is 1.05 bits per heavy atom. The molecule has 0 amide bonds. The van der Waals surface area contributed by atoms with Gasteiger partial charge in [0.2, 0.25) is 0 Å². The molecule has 2 atom stereocenters. The highest BCUT2D eigenvalue weighted by Crippen LogP contribution is 2.37. The zero-order valence-corrected chi connectivity index (χ0v) is 41.1. The molecule has 2 aliphatic carbocycles. The van der Waals surface area contributed by atoms with Gasteiger partial charge in [0.25, 0.3) is 0 Å². The number of aryl methyl sites for hydroxylation is 2. The fourth-order valence-corrected chi connectivity index (χ4v) is 8.91. The van der Waals surface area contributed by atoms with Gasteiger partial charge in [-0.2, -0.15) is 36.5 Å². The van der Waals surface area contributed by atoms with Crippen LogP contribution in [0, 0.1) is 37.3 Å². The molecule has 0 spiro atoms. The van der Waals surface area contributed by atoms with Crippen LogP contribution in [0.3, 0.4) is 0 Å². The molecule has 76 heavy (non-hydrogen) atoms. The number of fused-ring (bicyclic) bond motifs is 2.